The number of carboxylic acid groups (broad SMARTS) is 1. The number of rotatable bonds is 7. The molecule has 0 spiro atoms. The molecule has 1 rings (SSSR count). The number of carboxylic acids is 1. The second-order valence-electron chi connectivity index (χ2n) is 4.98. The Morgan fingerprint density at radius 1 is 1.13 bits per heavy atom. The molecule has 0 radical (unpaired) electrons. The first kappa shape index (κ1) is 21.2. The van der Waals surface area contributed by atoms with Crippen molar-refractivity contribution in [3.05, 3.63) is 35.9 Å². The first-order valence-corrected chi connectivity index (χ1v) is 6.90. The highest BCUT2D eigenvalue weighted by atomic mass is 16.4. The molecule has 1 aromatic rings. The maximum Gasteiger partial charge on any atom is 0.320 e. The Labute approximate surface area is 133 Å². The third-order valence-corrected chi connectivity index (χ3v) is 2.95. The molecule has 0 saturated carbocycles. The van der Waals surface area contributed by atoms with Gasteiger partial charge < -0.3 is 36.1 Å². The third kappa shape index (κ3) is 8.38. The molecule has 0 aliphatic heterocycles. The van der Waals surface area contributed by atoms with Gasteiger partial charge in [-0.2, -0.15) is 0 Å². The van der Waals surface area contributed by atoms with E-state index < -0.39 is 36.4 Å². The van der Waals surface area contributed by atoms with E-state index in [1.54, 1.807) is 0 Å². The first-order valence-electron chi connectivity index (χ1n) is 6.90. The number of aldehydes is 1. The van der Waals surface area contributed by atoms with Crippen molar-refractivity contribution in [1.82, 2.24) is 0 Å². The maximum absolute atomic E-state index is 10.4. The smallest absolute Gasteiger partial charge is 0.320 e. The Morgan fingerprint density at radius 3 is 2.04 bits per heavy atom. The van der Waals surface area contributed by atoms with Gasteiger partial charge in [0.2, 0.25) is 0 Å². The summed E-state index contributed by atoms with van der Waals surface area (Å²) in [5.74, 6) is -0.959. The van der Waals surface area contributed by atoms with Crippen molar-refractivity contribution in [3.63, 3.8) is 0 Å². The van der Waals surface area contributed by atoms with Crippen LogP contribution in [0.25, 0.3) is 0 Å². The van der Waals surface area contributed by atoms with Gasteiger partial charge in [0, 0.05) is 0 Å². The van der Waals surface area contributed by atoms with Crippen LogP contribution in [0.1, 0.15) is 12.5 Å². The minimum Gasteiger partial charge on any atom is -0.480 e. The van der Waals surface area contributed by atoms with Crippen molar-refractivity contribution in [1.29, 1.82) is 0 Å². The van der Waals surface area contributed by atoms with Crippen LogP contribution < -0.4 is 5.73 Å². The first-order chi connectivity index (χ1) is 10.7. The molecule has 8 heteroatoms. The summed E-state index contributed by atoms with van der Waals surface area (Å²) in [6, 6.07) is 8.54. The lowest BCUT2D eigenvalue weighted by Gasteiger charge is -2.21. The van der Waals surface area contributed by atoms with Crippen molar-refractivity contribution in [2.24, 2.45) is 5.73 Å². The number of nitrogens with two attached hydrogens (primary N) is 1. The summed E-state index contributed by atoms with van der Waals surface area (Å²) in [4.78, 5) is 20.2. The minimum atomic E-state index is -1.65. The number of aliphatic hydroxyl groups excluding tert-OH is 4. The molecule has 7 N–H and O–H groups in total. The lowest BCUT2D eigenvalue weighted by molar-refractivity contribution is -0.138. The molecular weight excluding hydrogens is 306 g/mol. The summed E-state index contributed by atoms with van der Waals surface area (Å²) >= 11 is 0. The van der Waals surface area contributed by atoms with E-state index >= 15 is 0 Å². The zero-order valence-electron chi connectivity index (χ0n) is 12.7. The molecule has 0 bridgehead atoms. The maximum atomic E-state index is 10.4. The molecule has 8 nitrogen and oxygen atoms in total. The quantitative estimate of drug-likeness (QED) is 0.322. The Bertz CT molecular complexity index is 466. The van der Waals surface area contributed by atoms with Crippen molar-refractivity contribution in [2.75, 3.05) is 0 Å². The topological polar surface area (TPSA) is 161 Å². The van der Waals surface area contributed by atoms with E-state index in [1.807, 2.05) is 30.3 Å². The molecule has 130 valence electrons. The Morgan fingerprint density at radius 2 is 1.65 bits per heavy atom. The highest BCUT2D eigenvalue weighted by Crippen LogP contribution is 2.02. The number of benzene rings is 1. The third-order valence-electron chi connectivity index (χ3n) is 2.95. The van der Waals surface area contributed by atoms with E-state index in [2.05, 4.69) is 0 Å². The zero-order valence-corrected chi connectivity index (χ0v) is 12.7. The second kappa shape index (κ2) is 10.8. The van der Waals surface area contributed by atoms with Crippen LogP contribution in [0.4, 0.5) is 0 Å². The summed E-state index contributed by atoms with van der Waals surface area (Å²) in [5.41, 5.74) is 6.30. The Balaban J connectivity index is 0.000000423. The lowest BCUT2D eigenvalue weighted by atomic mass is 10.1. The van der Waals surface area contributed by atoms with Crippen LogP contribution in [-0.4, -0.2) is 68.2 Å². The van der Waals surface area contributed by atoms with Crippen molar-refractivity contribution < 1.29 is 35.1 Å². The summed E-state index contributed by atoms with van der Waals surface area (Å²) in [6.45, 7) is 1.24. The predicted octanol–water partition coefficient (Wildman–Crippen LogP) is -1.71. The number of carbonyl (C=O) groups excluding carboxylic acids is 1. The molecule has 1 aromatic carbocycles. The van der Waals surface area contributed by atoms with Crippen LogP contribution in [0, 0.1) is 0 Å². The lowest BCUT2D eigenvalue weighted by Crippen LogP contribution is -2.43. The van der Waals surface area contributed by atoms with Gasteiger partial charge in [-0.3, -0.25) is 4.79 Å². The molecule has 5 atom stereocenters. The van der Waals surface area contributed by atoms with Gasteiger partial charge in [-0.1, -0.05) is 30.3 Å². The minimum absolute atomic E-state index is 0.0935. The molecule has 0 saturated heterocycles. The largest absolute Gasteiger partial charge is 0.480 e. The molecule has 0 unspecified atom stereocenters. The highest BCUT2D eigenvalue weighted by molar-refractivity contribution is 5.73. The van der Waals surface area contributed by atoms with E-state index in [-0.39, 0.29) is 6.29 Å². The Hall–Kier alpha value is -1.84. The van der Waals surface area contributed by atoms with Gasteiger partial charge >= 0.3 is 5.97 Å². The van der Waals surface area contributed by atoms with Crippen LogP contribution in [-0.2, 0) is 16.0 Å². The number of aliphatic carboxylic acids is 1. The zero-order chi connectivity index (χ0) is 18.0. The van der Waals surface area contributed by atoms with E-state index in [0.717, 1.165) is 5.56 Å². The van der Waals surface area contributed by atoms with E-state index in [1.165, 1.54) is 6.92 Å². The van der Waals surface area contributed by atoms with Crippen molar-refractivity contribution in [2.45, 2.75) is 43.8 Å². The fourth-order valence-electron chi connectivity index (χ4n) is 1.52. The Kier molecular flexibility index (Phi) is 9.95. The number of aliphatic hydroxyl groups is 4. The number of carbonyl (C=O) groups is 2. The fraction of sp³-hybridized carbons (Fsp3) is 0.467. The van der Waals surface area contributed by atoms with Crippen LogP contribution in [0.5, 0.6) is 0 Å². The van der Waals surface area contributed by atoms with Crippen LogP contribution in [0.3, 0.4) is 0 Å². The molecule has 0 amide bonds. The average Bonchev–Trinajstić information content (AvgIpc) is 2.53. The van der Waals surface area contributed by atoms with Crippen LogP contribution in [0.2, 0.25) is 0 Å². The average molecular weight is 329 g/mol. The molecule has 0 aliphatic rings. The standard InChI is InChI=1S/C9H11NO2.C6H12O5/c10-8(9(11)12)6-7-4-2-1-3-5-7;1-3(8)5(10)6(11)4(9)2-7/h1-5,8H,6,10H2,(H,11,12);2-6,8-11H,1H3/t8-;3-,4-,5-,6-/m00/s1. The van der Waals surface area contributed by atoms with Crippen LogP contribution in [0.15, 0.2) is 30.3 Å². The number of hydrogen-bond donors (Lipinski definition) is 6. The SMILES string of the molecule is C[C@H](O)[C@H](O)[C@@H](O)[C@@H](O)C=O.N[C@@H](Cc1ccccc1)C(=O)O. The normalized spacial score (nSPS) is 17.0. The van der Waals surface area contributed by atoms with Gasteiger partial charge in [0.1, 0.15) is 24.4 Å². The predicted molar refractivity (Wildman–Crippen MR) is 81.5 cm³/mol. The van der Waals surface area contributed by atoms with Gasteiger partial charge in [-0.25, -0.2) is 0 Å². The summed E-state index contributed by atoms with van der Waals surface area (Å²) < 4.78 is 0. The van der Waals surface area contributed by atoms with Gasteiger partial charge in [-0.15, -0.1) is 0 Å². The van der Waals surface area contributed by atoms with Gasteiger partial charge in [-0.05, 0) is 18.9 Å². The highest BCUT2D eigenvalue weighted by Gasteiger charge is 2.27. The molecule has 0 aromatic heterocycles. The van der Waals surface area contributed by atoms with E-state index in [0.29, 0.717) is 6.42 Å². The molecule has 0 fully saturated rings. The monoisotopic (exact) mass is 329 g/mol. The van der Waals surface area contributed by atoms with Gasteiger partial charge in [0.15, 0.2) is 6.29 Å². The van der Waals surface area contributed by atoms with E-state index in [9.17, 15) is 9.59 Å². The van der Waals surface area contributed by atoms with Gasteiger partial charge in [0.25, 0.3) is 0 Å². The molecule has 0 heterocycles. The van der Waals surface area contributed by atoms with Gasteiger partial charge in [0.05, 0.1) is 6.10 Å². The fourth-order valence-corrected chi connectivity index (χ4v) is 1.52. The summed E-state index contributed by atoms with van der Waals surface area (Å²) in [6.07, 6.45) is -5.49. The van der Waals surface area contributed by atoms with E-state index in [4.69, 9.17) is 31.3 Å². The van der Waals surface area contributed by atoms with Crippen molar-refractivity contribution >= 4 is 12.3 Å². The van der Waals surface area contributed by atoms with Crippen molar-refractivity contribution in [3.8, 4) is 0 Å². The molecule has 0 aliphatic carbocycles. The summed E-state index contributed by atoms with van der Waals surface area (Å²) in [5, 5.41) is 43.6. The number of hydrogen-bond acceptors (Lipinski definition) is 7. The molecule has 23 heavy (non-hydrogen) atoms. The van der Waals surface area contributed by atoms with Crippen LogP contribution >= 0.6 is 0 Å². The summed E-state index contributed by atoms with van der Waals surface area (Å²) in [7, 11) is 0. The molecular formula is C15H23NO7. The second-order valence-corrected chi connectivity index (χ2v) is 4.98.